The molecule has 3 aromatic rings. The molecule has 0 radical (unpaired) electrons. The number of pyridine rings is 1. The van der Waals surface area contributed by atoms with Gasteiger partial charge in [0.05, 0.1) is 5.69 Å². The van der Waals surface area contributed by atoms with Crippen LogP contribution in [0.1, 0.15) is 17.0 Å². The third-order valence-electron chi connectivity index (χ3n) is 3.45. The number of fused-ring (bicyclic) bond motifs is 1. The van der Waals surface area contributed by atoms with E-state index >= 15 is 0 Å². The molecule has 2 N–H and O–H groups in total. The van der Waals surface area contributed by atoms with Crippen LogP contribution in [-0.4, -0.2) is 9.55 Å². The minimum Gasteiger partial charge on any atom is -0.340 e. The molecule has 0 spiro atoms. The Labute approximate surface area is 112 Å². The molecule has 0 saturated heterocycles. The van der Waals surface area contributed by atoms with Gasteiger partial charge >= 0.3 is 0 Å². The summed E-state index contributed by atoms with van der Waals surface area (Å²) in [4.78, 5) is 4.24. The zero-order valence-corrected chi connectivity index (χ0v) is 11.0. The highest BCUT2D eigenvalue weighted by atomic mass is 15.0. The van der Waals surface area contributed by atoms with Crippen LogP contribution in [0.4, 0.5) is 0 Å². The predicted octanol–water partition coefficient (Wildman–Crippen LogP) is 2.85. The van der Waals surface area contributed by atoms with Crippen molar-refractivity contribution in [2.75, 3.05) is 0 Å². The standard InChI is InChI=1S/C16H17N3/c1-12-8-14-4-2-3-5-16(14)19(12)11-13-6-7-18-15(9-13)10-17/h2-9H,10-11,17H2,1H3. The summed E-state index contributed by atoms with van der Waals surface area (Å²) in [5.41, 5.74) is 10.4. The molecule has 3 nitrogen and oxygen atoms in total. The van der Waals surface area contributed by atoms with Gasteiger partial charge in [-0.15, -0.1) is 0 Å². The van der Waals surface area contributed by atoms with Crippen LogP contribution in [0.5, 0.6) is 0 Å². The van der Waals surface area contributed by atoms with Gasteiger partial charge in [0, 0.05) is 30.5 Å². The van der Waals surface area contributed by atoms with Crippen molar-refractivity contribution in [3.05, 3.63) is 65.6 Å². The van der Waals surface area contributed by atoms with E-state index < -0.39 is 0 Å². The molecule has 0 aliphatic rings. The highest BCUT2D eigenvalue weighted by molar-refractivity contribution is 5.81. The normalized spacial score (nSPS) is 11.1. The summed E-state index contributed by atoms with van der Waals surface area (Å²) in [5.74, 6) is 0. The molecule has 0 amide bonds. The lowest BCUT2D eigenvalue weighted by molar-refractivity contribution is 0.799. The number of hydrogen-bond donors (Lipinski definition) is 1. The summed E-state index contributed by atoms with van der Waals surface area (Å²) >= 11 is 0. The Morgan fingerprint density at radius 3 is 2.84 bits per heavy atom. The lowest BCUT2D eigenvalue weighted by Crippen LogP contribution is -2.04. The van der Waals surface area contributed by atoms with Crippen LogP contribution >= 0.6 is 0 Å². The molecule has 0 unspecified atom stereocenters. The van der Waals surface area contributed by atoms with Crippen LogP contribution < -0.4 is 5.73 Å². The Hall–Kier alpha value is -2.13. The smallest absolute Gasteiger partial charge is 0.0542 e. The fraction of sp³-hybridized carbons (Fsp3) is 0.188. The van der Waals surface area contributed by atoms with Gasteiger partial charge in [0.1, 0.15) is 0 Å². The van der Waals surface area contributed by atoms with E-state index in [4.69, 9.17) is 5.73 Å². The maximum Gasteiger partial charge on any atom is 0.0542 e. The Morgan fingerprint density at radius 2 is 2.00 bits per heavy atom. The first-order chi connectivity index (χ1) is 9.28. The van der Waals surface area contributed by atoms with E-state index in [1.165, 1.54) is 22.2 Å². The average Bonchev–Trinajstić information content (AvgIpc) is 2.76. The Kier molecular flexibility index (Phi) is 3.05. The highest BCUT2D eigenvalue weighted by Crippen LogP contribution is 2.20. The van der Waals surface area contributed by atoms with Crippen LogP contribution in [0.3, 0.4) is 0 Å². The van der Waals surface area contributed by atoms with Gasteiger partial charge in [-0.2, -0.15) is 0 Å². The predicted molar refractivity (Wildman–Crippen MR) is 77.9 cm³/mol. The number of para-hydroxylation sites is 1. The van der Waals surface area contributed by atoms with Crippen LogP contribution in [0.2, 0.25) is 0 Å². The third-order valence-corrected chi connectivity index (χ3v) is 3.45. The fourth-order valence-corrected chi connectivity index (χ4v) is 2.48. The first-order valence-electron chi connectivity index (χ1n) is 6.46. The number of rotatable bonds is 3. The molecule has 96 valence electrons. The third kappa shape index (κ3) is 2.25. The second-order valence-corrected chi connectivity index (χ2v) is 4.79. The zero-order chi connectivity index (χ0) is 13.2. The minimum atomic E-state index is 0.485. The summed E-state index contributed by atoms with van der Waals surface area (Å²) in [5, 5.41) is 1.29. The van der Waals surface area contributed by atoms with Crippen molar-refractivity contribution in [2.24, 2.45) is 5.73 Å². The first-order valence-corrected chi connectivity index (χ1v) is 6.46. The second kappa shape index (κ2) is 4.86. The van der Waals surface area contributed by atoms with Gasteiger partial charge in [-0.3, -0.25) is 4.98 Å². The summed E-state index contributed by atoms with van der Waals surface area (Å²) < 4.78 is 2.32. The van der Waals surface area contributed by atoms with E-state index in [1.54, 1.807) is 0 Å². The maximum atomic E-state index is 5.64. The van der Waals surface area contributed by atoms with E-state index in [2.05, 4.69) is 52.9 Å². The molecular formula is C16H17N3. The van der Waals surface area contributed by atoms with Gasteiger partial charge in [0.2, 0.25) is 0 Å². The molecule has 0 aliphatic carbocycles. The fourth-order valence-electron chi connectivity index (χ4n) is 2.48. The molecular weight excluding hydrogens is 234 g/mol. The van der Waals surface area contributed by atoms with E-state index in [0.717, 1.165) is 12.2 Å². The van der Waals surface area contributed by atoms with E-state index in [1.807, 2.05) is 12.3 Å². The highest BCUT2D eigenvalue weighted by Gasteiger charge is 2.06. The van der Waals surface area contributed by atoms with Crippen LogP contribution in [0, 0.1) is 6.92 Å². The maximum absolute atomic E-state index is 5.64. The van der Waals surface area contributed by atoms with Gasteiger partial charge in [-0.1, -0.05) is 18.2 Å². The Morgan fingerprint density at radius 1 is 1.16 bits per heavy atom. The van der Waals surface area contributed by atoms with Crippen LogP contribution in [-0.2, 0) is 13.1 Å². The largest absolute Gasteiger partial charge is 0.340 e. The lowest BCUT2D eigenvalue weighted by Gasteiger charge is -2.09. The molecule has 1 aromatic carbocycles. The van der Waals surface area contributed by atoms with Crippen LogP contribution in [0.15, 0.2) is 48.7 Å². The Bertz CT molecular complexity index is 713. The van der Waals surface area contributed by atoms with Crippen molar-refractivity contribution in [1.29, 1.82) is 0 Å². The quantitative estimate of drug-likeness (QED) is 0.778. The molecule has 0 fully saturated rings. The van der Waals surface area contributed by atoms with Gasteiger partial charge < -0.3 is 10.3 Å². The number of nitrogens with zero attached hydrogens (tertiary/aromatic N) is 2. The summed E-state index contributed by atoms with van der Waals surface area (Å²) in [6.45, 7) is 3.49. The van der Waals surface area contributed by atoms with E-state index in [0.29, 0.717) is 6.54 Å². The van der Waals surface area contributed by atoms with Gasteiger partial charge in [-0.05, 0) is 42.1 Å². The molecule has 19 heavy (non-hydrogen) atoms. The van der Waals surface area contributed by atoms with E-state index in [9.17, 15) is 0 Å². The van der Waals surface area contributed by atoms with Gasteiger partial charge in [-0.25, -0.2) is 0 Å². The monoisotopic (exact) mass is 251 g/mol. The minimum absolute atomic E-state index is 0.485. The summed E-state index contributed by atoms with van der Waals surface area (Å²) in [6.07, 6.45) is 1.83. The number of aryl methyl sites for hydroxylation is 1. The van der Waals surface area contributed by atoms with Crippen molar-refractivity contribution >= 4 is 10.9 Å². The number of benzene rings is 1. The van der Waals surface area contributed by atoms with Crippen LogP contribution in [0.25, 0.3) is 10.9 Å². The molecule has 3 heteroatoms. The van der Waals surface area contributed by atoms with Gasteiger partial charge in [0.25, 0.3) is 0 Å². The van der Waals surface area contributed by atoms with Crippen molar-refractivity contribution in [3.63, 3.8) is 0 Å². The lowest BCUT2D eigenvalue weighted by atomic mass is 10.2. The first kappa shape index (κ1) is 11.9. The second-order valence-electron chi connectivity index (χ2n) is 4.79. The molecule has 0 atom stereocenters. The van der Waals surface area contributed by atoms with Crippen molar-refractivity contribution in [2.45, 2.75) is 20.0 Å². The average molecular weight is 251 g/mol. The Balaban J connectivity index is 2.02. The van der Waals surface area contributed by atoms with Gasteiger partial charge in [0.15, 0.2) is 0 Å². The molecule has 2 heterocycles. The topological polar surface area (TPSA) is 43.8 Å². The summed E-state index contributed by atoms with van der Waals surface area (Å²) in [7, 11) is 0. The number of hydrogen-bond acceptors (Lipinski definition) is 2. The molecule has 0 bridgehead atoms. The molecule has 2 aromatic heterocycles. The molecule has 0 aliphatic heterocycles. The SMILES string of the molecule is Cc1cc2ccccc2n1Cc1ccnc(CN)c1. The molecule has 0 saturated carbocycles. The van der Waals surface area contributed by atoms with E-state index in [-0.39, 0.29) is 0 Å². The van der Waals surface area contributed by atoms with Crippen molar-refractivity contribution in [1.82, 2.24) is 9.55 Å². The number of nitrogens with two attached hydrogens (primary N) is 1. The number of aromatic nitrogens is 2. The zero-order valence-electron chi connectivity index (χ0n) is 11.0. The van der Waals surface area contributed by atoms with Crippen molar-refractivity contribution < 1.29 is 0 Å². The van der Waals surface area contributed by atoms with Crippen molar-refractivity contribution in [3.8, 4) is 0 Å². The molecule has 3 rings (SSSR count). The summed E-state index contributed by atoms with van der Waals surface area (Å²) in [6, 6.07) is 14.8.